The van der Waals surface area contributed by atoms with E-state index < -0.39 is 0 Å². The normalized spacial score (nSPS) is 10.8. The van der Waals surface area contributed by atoms with Gasteiger partial charge in [-0.2, -0.15) is 9.61 Å². The third-order valence-corrected chi connectivity index (χ3v) is 1.99. The van der Waals surface area contributed by atoms with Gasteiger partial charge < -0.3 is 5.73 Å². The lowest BCUT2D eigenvalue weighted by atomic mass is 10.5. The molecule has 0 aromatic carbocycles. The van der Waals surface area contributed by atoms with E-state index in [0.717, 1.165) is 0 Å². The first-order chi connectivity index (χ1) is 5.70. The maximum atomic E-state index is 5.88. The molecule has 0 unspecified atom stereocenters. The molecule has 2 N–H and O–H groups in total. The molecule has 2 aromatic heterocycles. The number of rotatable bonds is 0. The minimum Gasteiger partial charge on any atom is -0.368 e. The van der Waals surface area contributed by atoms with E-state index in [1.54, 1.807) is 6.92 Å². The monoisotopic (exact) mass is 183 g/mol. The van der Waals surface area contributed by atoms with E-state index in [0.29, 0.717) is 16.4 Å². The fourth-order valence-corrected chi connectivity index (χ4v) is 1.13. The van der Waals surface area contributed by atoms with Crippen LogP contribution < -0.4 is 5.73 Å². The van der Waals surface area contributed by atoms with Crippen LogP contribution in [0, 0.1) is 6.92 Å². The molecule has 0 radical (unpaired) electrons. The third-order valence-electron chi connectivity index (χ3n) is 1.55. The molecule has 0 amide bonds. The van der Waals surface area contributed by atoms with Crippen LogP contribution in [0.1, 0.15) is 5.69 Å². The number of nitrogens with zero attached hydrogens (tertiary/aromatic N) is 4. The van der Waals surface area contributed by atoms with E-state index in [1.165, 1.54) is 10.8 Å². The van der Waals surface area contributed by atoms with Gasteiger partial charge in [0.05, 0.1) is 5.69 Å². The Bertz CT molecular complexity index is 435. The molecule has 5 nitrogen and oxygen atoms in total. The molecule has 0 fully saturated rings. The molecule has 0 aliphatic rings. The highest BCUT2D eigenvalue weighted by atomic mass is 35.5. The van der Waals surface area contributed by atoms with Crippen molar-refractivity contribution in [1.82, 2.24) is 19.6 Å². The molecule has 2 heterocycles. The number of fused-ring (bicyclic) bond motifs is 1. The number of anilines is 1. The van der Waals surface area contributed by atoms with Gasteiger partial charge in [0.1, 0.15) is 11.3 Å². The van der Waals surface area contributed by atoms with Crippen molar-refractivity contribution in [2.45, 2.75) is 6.92 Å². The van der Waals surface area contributed by atoms with Crippen molar-refractivity contribution in [3.8, 4) is 0 Å². The molecule has 62 valence electrons. The molecule has 2 aromatic rings. The number of halogens is 1. The summed E-state index contributed by atoms with van der Waals surface area (Å²) in [4.78, 5) is 7.71. The summed E-state index contributed by atoms with van der Waals surface area (Å²) in [5, 5.41) is 4.56. The number of aromatic nitrogens is 4. The van der Waals surface area contributed by atoms with Crippen LogP contribution in [0.15, 0.2) is 6.33 Å². The van der Waals surface area contributed by atoms with Gasteiger partial charge in [-0.05, 0) is 6.92 Å². The van der Waals surface area contributed by atoms with Gasteiger partial charge in [0.25, 0.3) is 0 Å². The first-order valence-electron chi connectivity index (χ1n) is 3.31. The number of aryl methyl sites for hydroxylation is 1. The zero-order valence-electron chi connectivity index (χ0n) is 6.32. The average Bonchev–Trinajstić information content (AvgIpc) is 2.32. The Balaban J connectivity index is 2.95. The summed E-state index contributed by atoms with van der Waals surface area (Å²) in [6.07, 6.45) is 1.36. The molecule has 0 spiro atoms. The summed E-state index contributed by atoms with van der Waals surface area (Å²) < 4.78 is 1.41. The lowest BCUT2D eigenvalue weighted by Crippen LogP contribution is -2.02. The Kier molecular flexibility index (Phi) is 1.41. The first-order valence-corrected chi connectivity index (χ1v) is 3.69. The molecule has 0 aliphatic carbocycles. The second-order valence-electron chi connectivity index (χ2n) is 2.37. The maximum Gasteiger partial charge on any atom is 0.224 e. The Labute approximate surface area is 73.2 Å². The lowest BCUT2D eigenvalue weighted by Gasteiger charge is -1.93. The van der Waals surface area contributed by atoms with Crippen LogP contribution in [-0.4, -0.2) is 19.6 Å². The number of nitrogen functional groups attached to an aromatic ring is 1. The Morgan fingerprint density at radius 3 is 2.92 bits per heavy atom. The summed E-state index contributed by atoms with van der Waals surface area (Å²) in [5.41, 5.74) is 6.77. The van der Waals surface area contributed by atoms with E-state index in [4.69, 9.17) is 17.3 Å². The Hall–Kier alpha value is -1.36. The van der Waals surface area contributed by atoms with E-state index in [2.05, 4.69) is 15.1 Å². The molecular formula is C6H6ClN5. The number of hydrogen-bond donors (Lipinski definition) is 1. The van der Waals surface area contributed by atoms with E-state index >= 15 is 0 Å². The zero-order valence-corrected chi connectivity index (χ0v) is 7.08. The predicted molar refractivity (Wildman–Crippen MR) is 44.9 cm³/mol. The second-order valence-corrected chi connectivity index (χ2v) is 2.74. The number of nitrogens with two attached hydrogens (primary N) is 1. The van der Waals surface area contributed by atoms with Crippen LogP contribution in [-0.2, 0) is 0 Å². The van der Waals surface area contributed by atoms with Gasteiger partial charge in [-0.1, -0.05) is 11.6 Å². The molecule has 0 saturated carbocycles. The van der Waals surface area contributed by atoms with E-state index in [1.807, 2.05) is 0 Å². The quantitative estimate of drug-likeness (QED) is 0.652. The van der Waals surface area contributed by atoms with Crippen molar-refractivity contribution in [3.05, 3.63) is 17.0 Å². The highest BCUT2D eigenvalue weighted by Gasteiger charge is 2.09. The molecule has 6 heteroatoms. The first kappa shape index (κ1) is 7.30. The highest BCUT2D eigenvalue weighted by molar-refractivity contribution is 6.34. The molecular weight excluding hydrogens is 178 g/mol. The Morgan fingerprint density at radius 1 is 1.50 bits per heavy atom. The summed E-state index contributed by atoms with van der Waals surface area (Å²) in [6, 6.07) is 0. The lowest BCUT2D eigenvalue weighted by molar-refractivity contribution is 0.892. The van der Waals surface area contributed by atoms with Crippen LogP contribution in [0.25, 0.3) is 5.65 Å². The van der Waals surface area contributed by atoms with E-state index in [-0.39, 0.29) is 5.95 Å². The molecule has 12 heavy (non-hydrogen) atoms. The standard InChI is InChI=1S/C6H6ClN5/c1-3-4(7)5-9-2-10-6(8)12(5)11-3/h2H,1H3,(H2,8,9,10). The van der Waals surface area contributed by atoms with Crippen LogP contribution >= 0.6 is 11.6 Å². The predicted octanol–water partition coefficient (Wildman–Crippen LogP) is 0.668. The van der Waals surface area contributed by atoms with Gasteiger partial charge in [0, 0.05) is 0 Å². The largest absolute Gasteiger partial charge is 0.368 e. The second kappa shape index (κ2) is 2.31. The van der Waals surface area contributed by atoms with Gasteiger partial charge in [-0.15, -0.1) is 0 Å². The van der Waals surface area contributed by atoms with Crippen LogP contribution in [0.2, 0.25) is 5.02 Å². The van der Waals surface area contributed by atoms with Crippen molar-refractivity contribution in [3.63, 3.8) is 0 Å². The van der Waals surface area contributed by atoms with Crippen LogP contribution in [0.5, 0.6) is 0 Å². The van der Waals surface area contributed by atoms with Crippen LogP contribution in [0.3, 0.4) is 0 Å². The fourth-order valence-electron chi connectivity index (χ4n) is 0.965. The summed E-state index contributed by atoms with van der Waals surface area (Å²) in [5.74, 6) is 0.287. The van der Waals surface area contributed by atoms with Gasteiger partial charge in [-0.3, -0.25) is 0 Å². The van der Waals surface area contributed by atoms with Crippen LogP contribution in [0.4, 0.5) is 5.95 Å². The minimum atomic E-state index is 0.287. The molecule has 0 bridgehead atoms. The van der Waals surface area contributed by atoms with Gasteiger partial charge >= 0.3 is 0 Å². The van der Waals surface area contributed by atoms with Gasteiger partial charge in [0.2, 0.25) is 5.95 Å². The number of hydrogen-bond acceptors (Lipinski definition) is 4. The molecule has 0 atom stereocenters. The van der Waals surface area contributed by atoms with Gasteiger partial charge in [0.15, 0.2) is 5.65 Å². The fraction of sp³-hybridized carbons (Fsp3) is 0.167. The molecule has 0 aliphatic heterocycles. The zero-order chi connectivity index (χ0) is 8.72. The SMILES string of the molecule is Cc1nn2c(N)ncnc2c1Cl. The van der Waals surface area contributed by atoms with Gasteiger partial charge in [-0.25, -0.2) is 9.97 Å². The van der Waals surface area contributed by atoms with Crippen molar-refractivity contribution < 1.29 is 0 Å². The van der Waals surface area contributed by atoms with Crippen molar-refractivity contribution in [2.75, 3.05) is 5.73 Å². The average molecular weight is 184 g/mol. The van der Waals surface area contributed by atoms with Crippen molar-refractivity contribution >= 4 is 23.2 Å². The van der Waals surface area contributed by atoms with Crippen molar-refractivity contribution in [2.24, 2.45) is 0 Å². The van der Waals surface area contributed by atoms with E-state index in [9.17, 15) is 0 Å². The molecule has 2 rings (SSSR count). The summed E-state index contributed by atoms with van der Waals surface area (Å²) >= 11 is 5.88. The van der Waals surface area contributed by atoms with Crippen molar-refractivity contribution in [1.29, 1.82) is 0 Å². The summed E-state index contributed by atoms with van der Waals surface area (Å²) in [6.45, 7) is 1.79. The third kappa shape index (κ3) is 0.831. The summed E-state index contributed by atoms with van der Waals surface area (Å²) in [7, 11) is 0. The highest BCUT2D eigenvalue weighted by Crippen LogP contribution is 2.19. The topological polar surface area (TPSA) is 69.1 Å². The smallest absolute Gasteiger partial charge is 0.224 e. The molecule has 0 saturated heterocycles. The Morgan fingerprint density at radius 2 is 2.25 bits per heavy atom. The maximum absolute atomic E-state index is 5.88. The minimum absolute atomic E-state index is 0.287.